The highest BCUT2D eigenvalue weighted by atomic mass is 16.4. The maximum Gasteiger partial charge on any atom is 0.303 e. The smallest absolute Gasteiger partial charge is 0.303 e. The summed E-state index contributed by atoms with van der Waals surface area (Å²) in [7, 11) is 0. The van der Waals surface area contributed by atoms with Gasteiger partial charge in [-0.05, 0) is 25.9 Å². The fourth-order valence-corrected chi connectivity index (χ4v) is 2.40. The zero-order valence-electron chi connectivity index (χ0n) is 18.1. The minimum Gasteiger partial charge on any atom is -0.481 e. The summed E-state index contributed by atoms with van der Waals surface area (Å²) in [6, 6.07) is 0. The van der Waals surface area contributed by atoms with E-state index in [4.69, 9.17) is 5.11 Å². The first kappa shape index (κ1) is 27.9. The van der Waals surface area contributed by atoms with Gasteiger partial charge in [-0.25, -0.2) is 4.98 Å². The summed E-state index contributed by atoms with van der Waals surface area (Å²) in [5.74, 6) is -0.745. The van der Waals surface area contributed by atoms with E-state index in [1.807, 2.05) is 0 Å². The lowest BCUT2D eigenvalue weighted by molar-refractivity contribution is -0.136. The largest absolute Gasteiger partial charge is 0.481 e. The van der Waals surface area contributed by atoms with Gasteiger partial charge in [0.2, 0.25) is 0 Å². The van der Waals surface area contributed by atoms with E-state index in [1.54, 1.807) is 25.6 Å². The third-order valence-electron chi connectivity index (χ3n) is 4.12. The van der Waals surface area contributed by atoms with E-state index >= 15 is 0 Å². The molecule has 0 spiro atoms. The van der Waals surface area contributed by atoms with Crippen molar-refractivity contribution in [2.75, 3.05) is 13.1 Å². The first-order valence-electron chi connectivity index (χ1n) is 11.0. The maximum absolute atomic E-state index is 9.37. The van der Waals surface area contributed by atoms with E-state index in [2.05, 4.69) is 29.1 Å². The van der Waals surface area contributed by atoms with Crippen LogP contribution in [0, 0.1) is 0 Å². The molecule has 160 valence electrons. The quantitative estimate of drug-likeness (QED) is 0.316. The standard InChI is InChI=1S/C16H35N.C3H4N2.C3H6O2/c1-3-5-7-9-11-13-15-17-16-14-12-10-8-6-4-2;1-2-5-3-4-1;1-2-3(4)5/h17H,3-16H2,1-2H3;1-3H,(H,4,5);2H2,1H3,(H,4,5). The van der Waals surface area contributed by atoms with Crippen molar-refractivity contribution in [3.05, 3.63) is 18.7 Å². The van der Waals surface area contributed by atoms with Crippen LogP contribution in [0.1, 0.15) is 104 Å². The molecule has 27 heavy (non-hydrogen) atoms. The van der Waals surface area contributed by atoms with Crippen LogP contribution >= 0.6 is 0 Å². The number of carbonyl (C=O) groups is 1. The molecule has 0 bridgehead atoms. The first-order chi connectivity index (χ1) is 13.2. The summed E-state index contributed by atoms with van der Waals surface area (Å²) in [5, 5.41) is 11.3. The molecule has 0 aliphatic heterocycles. The third kappa shape index (κ3) is 32.7. The molecule has 0 aliphatic rings. The zero-order chi connectivity index (χ0) is 20.4. The van der Waals surface area contributed by atoms with Gasteiger partial charge in [-0.1, -0.05) is 85.0 Å². The van der Waals surface area contributed by atoms with Gasteiger partial charge in [-0.2, -0.15) is 0 Å². The van der Waals surface area contributed by atoms with Crippen LogP contribution in [0.15, 0.2) is 18.7 Å². The Balaban J connectivity index is 0. The molecule has 0 aromatic carbocycles. The van der Waals surface area contributed by atoms with Crippen LogP contribution in [-0.4, -0.2) is 34.1 Å². The number of rotatable bonds is 15. The van der Waals surface area contributed by atoms with Gasteiger partial charge < -0.3 is 15.4 Å². The van der Waals surface area contributed by atoms with Crippen molar-refractivity contribution in [3.8, 4) is 0 Å². The average molecular weight is 384 g/mol. The van der Waals surface area contributed by atoms with Gasteiger partial charge in [0.25, 0.3) is 0 Å². The molecule has 1 aromatic rings. The van der Waals surface area contributed by atoms with Crippen LogP contribution in [0.3, 0.4) is 0 Å². The van der Waals surface area contributed by atoms with Crippen LogP contribution in [0.25, 0.3) is 0 Å². The van der Waals surface area contributed by atoms with Gasteiger partial charge in [-0.15, -0.1) is 0 Å². The predicted molar refractivity (Wildman–Crippen MR) is 116 cm³/mol. The normalized spacial score (nSPS) is 9.74. The Hall–Kier alpha value is -1.36. The number of imidazole rings is 1. The van der Waals surface area contributed by atoms with E-state index in [-0.39, 0.29) is 6.42 Å². The van der Waals surface area contributed by atoms with Crippen LogP contribution in [0.4, 0.5) is 0 Å². The SMILES string of the molecule is CCC(=O)O.CCCCCCCCNCCCCCCCC.c1c[nH]cn1. The molecule has 0 aliphatic carbocycles. The first-order valence-corrected chi connectivity index (χ1v) is 11.0. The number of unbranched alkanes of at least 4 members (excludes halogenated alkanes) is 10. The highest BCUT2D eigenvalue weighted by molar-refractivity contribution is 5.66. The molecular formula is C22H45N3O2. The van der Waals surface area contributed by atoms with Crippen molar-refractivity contribution in [1.82, 2.24) is 15.3 Å². The summed E-state index contributed by atoms with van der Waals surface area (Å²) in [4.78, 5) is 15.8. The van der Waals surface area contributed by atoms with Crippen LogP contribution < -0.4 is 5.32 Å². The molecule has 0 unspecified atom stereocenters. The fourth-order valence-electron chi connectivity index (χ4n) is 2.40. The predicted octanol–water partition coefficient (Wildman–Crippen LogP) is 6.19. The van der Waals surface area contributed by atoms with Gasteiger partial charge in [-0.3, -0.25) is 4.79 Å². The lowest BCUT2D eigenvalue weighted by Crippen LogP contribution is -2.16. The van der Waals surface area contributed by atoms with Gasteiger partial charge in [0.05, 0.1) is 6.33 Å². The number of hydrogen-bond donors (Lipinski definition) is 3. The summed E-state index contributed by atoms with van der Waals surface area (Å²) in [5.41, 5.74) is 0. The number of H-pyrrole nitrogens is 1. The number of aromatic nitrogens is 2. The molecule has 5 nitrogen and oxygen atoms in total. The van der Waals surface area contributed by atoms with E-state index < -0.39 is 5.97 Å². The Kier molecular flexibility index (Phi) is 27.7. The topological polar surface area (TPSA) is 78.0 Å². The summed E-state index contributed by atoms with van der Waals surface area (Å²) >= 11 is 0. The van der Waals surface area contributed by atoms with Crippen molar-refractivity contribution >= 4 is 5.97 Å². The van der Waals surface area contributed by atoms with Crippen molar-refractivity contribution < 1.29 is 9.90 Å². The van der Waals surface area contributed by atoms with Crippen LogP contribution in [0.5, 0.6) is 0 Å². The summed E-state index contributed by atoms with van der Waals surface area (Å²) < 4.78 is 0. The molecule has 0 fully saturated rings. The second kappa shape index (κ2) is 26.9. The number of aliphatic carboxylic acids is 1. The number of carboxylic acid groups (broad SMARTS) is 1. The number of aromatic amines is 1. The Labute approximate surface area is 167 Å². The highest BCUT2D eigenvalue weighted by Gasteiger charge is 1.92. The molecule has 0 amide bonds. The minimum atomic E-state index is -0.745. The highest BCUT2D eigenvalue weighted by Crippen LogP contribution is 2.05. The van der Waals surface area contributed by atoms with Crippen molar-refractivity contribution in [2.45, 2.75) is 104 Å². The molecular weight excluding hydrogens is 338 g/mol. The lowest BCUT2D eigenvalue weighted by atomic mass is 10.1. The fraction of sp³-hybridized carbons (Fsp3) is 0.818. The van der Waals surface area contributed by atoms with Crippen LogP contribution in [0.2, 0.25) is 0 Å². The maximum atomic E-state index is 9.37. The number of nitrogens with one attached hydrogen (secondary N) is 2. The monoisotopic (exact) mass is 383 g/mol. The molecule has 1 heterocycles. The van der Waals surface area contributed by atoms with Crippen molar-refractivity contribution in [2.24, 2.45) is 0 Å². The number of hydrogen-bond acceptors (Lipinski definition) is 3. The van der Waals surface area contributed by atoms with Gasteiger partial charge in [0.15, 0.2) is 0 Å². The van der Waals surface area contributed by atoms with Gasteiger partial charge in [0, 0.05) is 18.8 Å². The molecule has 0 saturated carbocycles. The third-order valence-corrected chi connectivity index (χ3v) is 4.12. The van der Waals surface area contributed by atoms with E-state index in [9.17, 15) is 4.79 Å². The molecule has 3 N–H and O–H groups in total. The Bertz CT molecular complexity index is 325. The Morgan fingerprint density at radius 1 is 0.852 bits per heavy atom. The molecule has 5 heteroatoms. The molecule has 1 aromatic heterocycles. The summed E-state index contributed by atoms with van der Waals surface area (Å²) in [6.07, 6.45) is 22.2. The van der Waals surface area contributed by atoms with E-state index in [0.29, 0.717) is 0 Å². The second-order valence-corrected chi connectivity index (χ2v) is 6.79. The van der Waals surface area contributed by atoms with Gasteiger partial charge >= 0.3 is 5.97 Å². The van der Waals surface area contributed by atoms with Crippen LogP contribution in [-0.2, 0) is 4.79 Å². The molecule has 0 atom stereocenters. The number of carboxylic acids is 1. The molecule has 1 rings (SSSR count). The summed E-state index contributed by atoms with van der Waals surface area (Å²) in [6.45, 7) is 8.63. The number of nitrogens with zero attached hydrogens (tertiary/aromatic N) is 1. The lowest BCUT2D eigenvalue weighted by Gasteiger charge is -2.04. The Morgan fingerprint density at radius 3 is 1.59 bits per heavy atom. The van der Waals surface area contributed by atoms with E-state index in [1.165, 1.54) is 90.1 Å². The molecule has 0 saturated heterocycles. The minimum absolute atomic E-state index is 0.222. The second-order valence-electron chi connectivity index (χ2n) is 6.79. The van der Waals surface area contributed by atoms with Crippen molar-refractivity contribution in [1.29, 1.82) is 0 Å². The molecule has 0 radical (unpaired) electrons. The van der Waals surface area contributed by atoms with Gasteiger partial charge in [0.1, 0.15) is 0 Å². The Morgan fingerprint density at radius 2 is 1.30 bits per heavy atom. The average Bonchev–Trinajstić information content (AvgIpc) is 3.26. The van der Waals surface area contributed by atoms with Crippen molar-refractivity contribution in [3.63, 3.8) is 0 Å². The zero-order valence-corrected chi connectivity index (χ0v) is 18.1. The van der Waals surface area contributed by atoms with E-state index in [0.717, 1.165) is 0 Å².